The van der Waals surface area contributed by atoms with E-state index in [1.165, 1.54) is 0 Å². The number of carbonyl (C=O) groups is 1. The zero-order valence-corrected chi connectivity index (χ0v) is 9.77. The smallest absolute Gasteiger partial charge is 0.262 e. The van der Waals surface area contributed by atoms with Crippen LogP contribution in [-0.4, -0.2) is 45.4 Å². The molecule has 1 N–H and O–H groups in total. The Morgan fingerprint density at radius 1 is 1.50 bits per heavy atom. The fourth-order valence-electron chi connectivity index (χ4n) is 2.47. The Labute approximate surface area is 103 Å². The highest BCUT2D eigenvalue weighted by Gasteiger charge is 2.43. The molecule has 1 amide bonds. The highest BCUT2D eigenvalue weighted by molar-refractivity contribution is 5.82. The average molecular weight is 256 g/mol. The van der Waals surface area contributed by atoms with Crippen molar-refractivity contribution in [2.45, 2.75) is 31.5 Å². The van der Waals surface area contributed by atoms with E-state index in [1.54, 1.807) is 11.1 Å². The minimum absolute atomic E-state index is 0.249. The van der Waals surface area contributed by atoms with E-state index < -0.39 is 24.9 Å². The molecule has 0 aliphatic carbocycles. The number of hydrogen-bond donors (Lipinski definition) is 1. The Morgan fingerprint density at radius 2 is 2.33 bits per heavy atom. The first-order valence-corrected chi connectivity index (χ1v) is 5.95. The molecule has 0 bridgehead atoms. The number of fused-ring (bicyclic) bond motifs is 1. The summed E-state index contributed by atoms with van der Waals surface area (Å²) in [5.74, 6) is -2.21. The lowest BCUT2D eigenvalue weighted by molar-refractivity contribution is -0.135. The van der Waals surface area contributed by atoms with Crippen LogP contribution in [0.25, 0.3) is 0 Å². The first-order valence-electron chi connectivity index (χ1n) is 5.95. The van der Waals surface area contributed by atoms with Crippen LogP contribution >= 0.6 is 0 Å². The number of alkyl halides is 2. The SMILES string of the molecule is O=C(C1CC(F)(F)CN1)N1CCn2ccnc2C1. The van der Waals surface area contributed by atoms with Crippen LogP contribution in [-0.2, 0) is 17.9 Å². The van der Waals surface area contributed by atoms with Gasteiger partial charge in [0.1, 0.15) is 5.82 Å². The minimum atomic E-state index is -2.77. The van der Waals surface area contributed by atoms with Crippen molar-refractivity contribution >= 4 is 5.91 Å². The highest BCUT2D eigenvalue weighted by atomic mass is 19.3. The summed E-state index contributed by atoms with van der Waals surface area (Å²) < 4.78 is 28.1. The lowest BCUT2D eigenvalue weighted by Crippen LogP contribution is -2.46. The van der Waals surface area contributed by atoms with Gasteiger partial charge in [0.05, 0.1) is 19.1 Å². The van der Waals surface area contributed by atoms with Crippen molar-refractivity contribution < 1.29 is 13.6 Å². The van der Waals surface area contributed by atoms with E-state index in [1.807, 2.05) is 10.8 Å². The molecule has 0 spiro atoms. The third-order valence-corrected chi connectivity index (χ3v) is 3.46. The number of halogens is 2. The molecule has 2 aliphatic heterocycles. The van der Waals surface area contributed by atoms with Gasteiger partial charge in [-0.25, -0.2) is 13.8 Å². The summed E-state index contributed by atoms with van der Waals surface area (Å²) in [6, 6.07) is -0.762. The molecule has 7 heteroatoms. The number of aromatic nitrogens is 2. The molecule has 2 aliphatic rings. The maximum absolute atomic E-state index is 13.1. The van der Waals surface area contributed by atoms with E-state index in [2.05, 4.69) is 10.3 Å². The van der Waals surface area contributed by atoms with E-state index >= 15 is 0 Å². The van der Waals surface area contributed by atoms with Gasteiger partial charge in [0.25, 0.3) is 5.92 Å². The maximum atomic E-state index is 13.1. The molecule has 1 aromatic rings. The van der Waals surface area contributed by atoms with Crippen molar-refractivity contribution in [2.24, 2.45) is 0 Å². The lowest BCUT2D eigenvalue weighted by Gasteiger charge is -2.29. The van der Waals surface area contributed by atoms with Gasteiger partial charge in [-0.15, -0.1) is 0 Å². The van der Waals surface area contributed by atoms with E-state index in [4.69, 9.17) is 0 Å². The topological polar surface area (TPSA) is 50.2 Å². The van der Waals surface area contributed by atoms with E-state index in [0.717, 1.165) is 5.82 Å². The fraction of sp³-hybridized carbons (Fsp3) is 0.636. The lowest BCUT2D eigenvalue weighted by atomic mass is 10.1. The summed E-state index contributed by atoms with van der Waals surface area (Å²) in [7, 11) is 0. The van der Waals surface area contributed by atoms with E-state index in [-0.39, 0.29) is 5.91 Å². The molecule has 18 heavy (non-hydrogen) atoms. The van der Waals surface area contributed by atoms with Crippen molar-refractivity contribution in [1.29, 1.82) is 0 Å². The van der Waals surface area contributed by atoms with Crippen LogP contribution < -0.4 is 5.32 Å². The van der Waals surface area contributed by atoms with Crippen LogP contribution in [0.2, 0.25) is 0 Å². The third-order valence-electron chi connectivity index (χ3n) is 3.46. The molecule has 5 nitrogen and oxygen atoms in total. The summed E-state index contributed by atoms with van der Waals surface area (Å²) in [5, 5.41) is 2.59. The number of rotatable bonds is 1. The molecule has 1 saturated heterocycles. The molecule has 3 heterocycles. The van der Waals surface area contributed by atoms with Crippen LogP contribution in [0.3, 0.4) is 0 Å². The number of nitrogens with zero attached hydrogens (tertiary/aromatic N) is 3. The minimum Gasteiger partial charge on any atom is -0.332 e. The summed E-state index contributed by atoms with van der Waals surface area (Å²) in [6.07, 6.45) is 3.14. The predicted molar refractivity (Wildman–Crippen MR) is 59.0 cm³/mol. The van der Waals surface area contributed by atoms with Gasteiger partial charge in [0.2, 0.25) is 5.91 Å². The van der Waals surface area contributed by atoms with Crippen molar-refractivity contribution in [3.05, 3.63) is 18.2 Å². The Balaban J connectivity index is 1.68. The van der Waals surface area contributed by atoms with Gasteiger partial charge in [-0.3, -0.25) is 10.1 Å². The van der Waals surface area contributed by atoms with Gasteiger partial charge in [-0.05, 0) is 0 Å². The Kier molecular flexibility index (Phi) is 2.58. The van der Waals surface area contributed by atoms with Crippen LogP contribution in [0.4, 0.5) is 8.78 Å². The summed E-state index contributed by atoms with van der Waals surface area (Å²) in [4.78, 5) is 17.9. The average Bonchev–Trinajstić information content (AvgIpc) is 2.93. The van der Waals surface area contributed by atoms with Gasteiger partial charge >= 0.3 is 0 Å². The molecule has 0 aromatic carbocycles. The molecular weight excluding hydrogens is 242 g/mol. The van der Waals surface area contributed by atoms with Crippen molar-refractivity contribution in [2.75, 3.05) is 13.1 Å². The fourth-order valence-corrected chi connectivity index (χ4v) is 2.47. The molecule has 1 atom stereocenters. The first-order chi connectivity index (χ1) is 8.55. The standard InChI is InChI=1S/C11H14F2N4O/c12-11(13)5-8(15-7-11)10(18)17-4-3-16-2-1-14-9(16)6-17/h1-2,8,15H,3-7H2. The Hall–Kier alpha value is -1.50. The number of hydrogen-bond acceptors (Lipinski definition) is 3. The largest absolute Gasteiger partial charge is 0.332 e. The van der Waals surface area contributed by atoms with Crippen molar-refractivity contribution in [3.8, 4) is 0 Å². The third kappa shape index (κ3) is 1.98. The Bertz CT molecular complexity index is 473. The monoisotopic (exact) mass is 256 g/mol. The Morgan fingerprint density at radius 3 is 3.06 bits per heavy atom. The van der Waals surface area contributed by atoms with E-state index in [9.17, 15) is 13.6 Å². The zero-order valence-electron chi connectivity index (χ0n) is 9.77. The maximum Gasteiger partial charge on any atom is 0.262 e. The van der Waals surface area contributed by atoms with Crippen LogP contribution in [0.15, 0.2) is 12.4 Å². The molecular formula is C11H14F2N4O. The molecule has 0 radical (unpaired) electrons. The molecule has 0 saturated carbocycles. The van der Waals surface area contributed by atoms with Gasteiger partial charge in [-0.1, -0.05) is 0 Å². The number of imidazole rings is 1. The van der Waals surface area contributed by atoms with Crippen LogP contribution in [0.5, 0.6) is 0 Å². The molecule has 1 fully saturated rings. The highest BCUT2D eigenvalue weighted by Crippen LogP contribution is 2.26. The van der Waals surface area contributed by atoms with Gasteiger partial charge in [-0.2, -0.15) is 0 Å². The zero-order chi connectivity index (χ0) is 12.8. The molecule has 3 rings (SSSR count). The predicted octanol–water partition coefficient (Wildman–Crippen LogP) is 0.222. The number of carbonyl (C=O) groups excluding carboxylic acids is 1. The van der Waals surface area contributed by atoms with E-state index in [0.29, 0.717) is 19.6 Å². The van der Waals surface area contributed by atoms with Crippen molar-refractivity contribution in [1.82, 2.24) is 19.8 Å². The molecule has 1 unspecified atom stereocenters. The second kappa shape index (κ2) is 4.01. The van der Waals surface area contributed by atoms with Crippen LogP contribution in [0, 0.1) is 0 Å². The summed E-state index contributed by atoms with van der Waals surface area (Å²) in [6.45, 7) is 1.21. The quantitative estimate of drug-likeness (QED) is 0.782. The number of nitrogens with one attached hydrogen (secondary N) is 1. The normalized spacial score (nSPS) is 26.1. The first kappa shape index (κ1) is 11.6. The molecule has 1 aromatic heterocycles. The summed E-state index contributed by atoms with van der Waals surface area (Å²) >= 11 is 0. The van der Waals surface area contributed by atoms with Gasteiger partial charge < -0.3 is 9.47 Å². The second-order valence-electron chi connectivity index (χ2n) is 4.79. The van der Waals surface area contributed by atoms with Gasteiger partial charge in [0, 0.05) is 31.9 Å². The molecule has 98 valence electrons. The second-order valence-corrected chi connectivity index (χ2v) is 4.79. The number of amides is 1. The van der Waals surface area contributed by atoms with Crippen LogP contribution in [0.1, 0.15) is 12.2 Å². The van der Waals surface area contributed by atoms with Crippen molar-refractivity contribution in [3.63, 3.8) is 0 Å². The van der Waals surface area contributed by atoms with Gasteiger partial charge in [0.15, 0.2) is 0 Å². The summed E-state index contributed by atoms with van der Waals surface area (Å²) in [5.41, 5.74) is 0.